The van der Waals surface area contributed by atoms with Gasteiger partial charge >= 0.3 is 0 Å². The molecule has 4 rings (SSSR count). The van der Waals surface area contributed by atoms with E-state index in [1.54, 1.807) is 14.2 Å². The molecule has 6 heteroatoms. The lowest BCUT2D eigenvalue weighted by atomic mass is 10.0. The van der Waals surface area contributed by atoms with Crippen LogP contribution in [0.1, 0.15) is 44.1 Å². The van der Waals surface area contributed by atoms with Gasteiger partial charge in [0.05, 0.1) is 33.0 Å². The molecular weight excluding hydrogens is 392 g/mol. The van der Waals surface area contributed by atoms with Gasteiger partial charge in [-0.05, 0) is 30.9 Å². The summed E-state index contributed by atoms with van der Waals surface area (Å²) in [4.78, 5) is 7.20. The highest BCUT2D eigenvalue weighted by atomic mass is 16.5. The molecule has 1 aromatic heterocycles. The molecule has 0 amide bonds. The lowest BCUT2D eigenvalue weighted by Gasteiger charge is -2.26. The third-order valence-electron chi connectivity index (χ3n) is 6.40. The second kappa shape index (κ2) is 11.0. The molecule has 2 fully saturated rings. The minimum atomic E-state index is 0.633. The Hall–Kier alpha value is -2.05. The van der Waals surface area contributed by atoms with Gasteiger partial charge in [0.2, 0.25) is 5.88 Å². The predicted octanol–water partition coefficient (Wildman–Crippen LogP) is 4.48. The first-order valence-electron chi connectivity index (χ1n) is 11.8. The fourth-order valence-corrected chi connectivity index (χ4v) is 4.39. The summed E-state index contributed by atoms with van der Waals surface area (Å²) >= 11 is 0. The molecule has 0 spiro atoms. The van der Waals surface area contributed by atoms with Gasteiger partial charge in [-0.2, -0.15) is 0 Å². The maximum Gasteiger partial charge on any atom is 0.220 e. The van der Waals surface area contributed by atoms with Gasteiger partial charge in [0.1, 0.15) is 23.6 Å². The van der Waals surface area contributed by atoms with Crippen LogP contribution in [0.3, 0.4) is 0 Å². The van der Waals surface area contributed by atoms with Crippen LogP contribution in [0.25, 0.3) is 10.9 Å². The number of benzene rings is 1. The SMILES string of the molecule is COc1nc2c(OC)cccc2c(OCCN2CCOCC2)c1CCCCCC1CC1. The van der Waals surface area contributed by atoms with E-state index in [0.717, 1.165) is 79.6 Å². The second-order valence-electron chi connectivity index (χ2n) is 8.63. The lowest BCUT2D eigenvalue weighted by molar-refractivity contribution is 0.0322. The fourth-order valence-electron chi connectivity index (χ4n) is 4.39. The summed E-state index contributed by atoms with van der Waals surface area (Å²) in [5.74, 6) is 3.30. The third-order valence-corrected chi connectivity index (χ3v) is 6.40. The first-order chi connectivity index (χ1) is 15.3. The molecule has 1 saturated heterocycles. The van der Waals surface area contributed by atoms with Crippen LogP contribution >= 0.6 is 0 Å². The summed E-state index contributed by atoms with van der Waals surface area (Å²) in [5, 5.41) is 0.995. The Morgan fingerprint density at radius 1 is 1.06 bits per heavy atom. The van der Waals surface area contributed by atoms with Gasteiger partial charge in [-0.15, -0.1) is 0 Å². The molecule has 0 bridgehead atoms. The molecule has 1 aliphatic heterocycles. The molecule has 1 aromatic carbocycles. The molecule has 1 aliphatic carbocycles. The molecule has 1 saturated carbocycles. The largest absolute Gasteiger partial charge is 0.494 e. The summed E-state index contributed by atoms with van der Waals surface area (Å²) in [6.07, 6.45) is 8.85. The number of hydrogen-bond donors (Lipinski definition) is 0. The standard InChI is InChI=1S/C25H36N2O4/c1-28-22-10-6-9-20-23(22)26-25(29-2)21(8-5-3-4-7-19-11-12-19)24(20)31-18-15-27-13-16-30-17-14-27/h6,9-10,19H,3-5,7-8,11-18H2,1-2H3. The molecule has 0 unspecified atom stereocenters. The predicted molar refractivity (Wildman–Crippen MR) is 122 cm³/mol. The number of fused-ring (bicyclic) bond motifs is 1. The number of pyridine rings is 1. The van der Waals surface area contributed by atoms with E-state index >= 15 is 0 Å². The van der Waals surface area contributed by atoms with E-state index in [-0.39, 0.29) is 0 Å². The topological polar surface area (TPSA) is 53.0 Å². The number of methoxy groups -OCH3 is 2. The first kappa shape index (κ1) is 22.2. The van der Waals surface area contributed by atoms with Gasteiger partial charge < -0.3 is 18.9 Å². The van der Waals surface area contributed by atoms with E-state index in [1.165, 1.54) is 32.1 Å². The second-order valence-corrected chi connectivity index (χ2v) is 8.63. The molecular formula is C25H36N2O4. The van der Waals surface area contributed by atoms with Gasteiger partial charge in [0.15, 0.2) is 0 Å². The van der Waals surface area contributed by atoms with Crippen molar-refractivity contribution in [3.8, 4) is 17.4 Å². The number of para-hydroxylation sites is 1. The molecule has 2 heterocycles. The van der Waals surface area contributed by atoms with E-state index < -0.39 is 0 Å². The Morgan fingerprint density at radius 3 is 2.65 bits per heavy atom. The van der Waals surface area contributed by atoms with E-state index in [2.05, 4.69) is 11.0 Å². The van der Waals surface area contributed by atoms with Crippen LogP contribution in [0.5, 0.6) is 17.4 Å². The zero-order chi connectivity index (χ0) is 21.5. The van der Waals surface area contributed by atoms with E-state index in [1.807, 2.05) is 12.1 Å². The number of hydrogen-bond acceptors (Lipinski definition) is 6. The van der Waals surface area contributed by atoms with Crippen molar-refractivity contribution in [1.29, 1.82) is 0 Å². The highest BCUT2D eigenvalue weighted by molar-refractivity contribution is 5.91. The van der Waals surface area contributed by atoms with Gasteiger partial charge in [0.25, 0.3) is 0 Å². The molecule has 0 radical (unpaired) electrons. The maximum absolute atomic E-state index is 6.44. The number of aromatic nitrogens is 1. The van der Waals surface area contributed by atoms with Crippen LogP contribution in [-0.2, 0) is 11.2 Å². The molecule has 2 aliphatic rings. The van der Waals surface area contributed by atoms with Crippen LogP contribution in [0.2, 0.25) is 0 Å². The van der Waals surface area contributed by atoms with Crippen molar-refractivity contribution < 1.29 is 18.9 Å². The highest BCUT2D eigenvalue weighted by Gasteiger charge is 2.22. The smallest absolute Gasteiger partial charge is 0.220 e. The van der Waals surface area contributed by atoms with Gasteiger partial charge in [0, 0.05) is 25.0 Å². The van der Waals surface area contributed by atoms with Crippen LogP contribution in [0, 0.1) is 5.92 Å². The van der Waals surface area contributed by atoms with Gasteiger partial charge in [-0.25, -0.2) is 4.98 Å². The van der Waals surface area contributed by atoms with Crippen LogP contribution in [0.4, 0.5) is 0 Å². The van der Waals surface area contributed by atoms with Crippen molar-refractivity contribution >= 4 is 10.9 Å². The zero-order valence-corrected chi connectivity index (χ0v) is 19.0. The normalized spacial score (nSPS) is 17.1. The Bertz CT molecular complexity index is 847. The molecule has 170 valence electrons. The summed E-state index contributed by atoms with van der Waals surface area (Å²) < 4.78 is 23.2. The average Bonchev–Trinajstić information content (AvgIpc) is 3.64. The van der Waals surface area contributed by atoms with E-state index in [0.29, 0.717) is 12.5 Å². The van der Waals surface area contributed by atoms with Crippen molar-refractivity contribution in [2.24, 2.45) is 5.92 Å². The van der Waals surface area contributed by atoms with Crippen molar-refractivity contribution in [2.45, 2.75) is 44.9 Å². The zero-order valence-electron chi connectivity index (χ0n) is 19.0. The summed E-state index contributed by atoms with van der Waals surface area (Å²) in [6, 6.07) is 6.01. The summed E-state index contributed by atoms with van der Waals surface area (Å²) in [5.41, 5.74) is 1.87. The number of unbranched alkanes of at least 4 members (excludes halogenated alkanes) is 2. The average molecular weight is 429 g/mol. The molecule has 2 aromatic rings. The van der Waals surface area contributed by atoms with Crippen molar-refractivity contribution in [3.05, 3.63) is 23.8 Å². The summed E-state index contributed by atoms with van der Waals surface area (Å²) in [7, 11) is 3.37. The van der Waals surface area contributed by atoms with Crippen molar-refractivity contribution in [2.75, 3.05) is 53.7 Å². The molecule has 6 nitrogen and oxygen atoms in total. The Balaban J connectivity index is 1.53. The number of nitrogens with zero attached hydrogens (tertiary/aromatic N) is 2. The monoisotopic (exact) mass is 428 g/mol. The van der Waals surface area contributed by atoms with Crippen LogP contribution in [0.15, 0.2) is 18.2 Å². The number of ether oxygens (including phenoxy) is 4. The number of morpholine rings is 1. The Labute approximate surface area is 185 Å². The van der Waals surface area contributed by atoms with Crippen LogP contribution < -0.4 is 14.2 Å². The van der Waals surface area contributed by atoms with Gasteiger partial charge in [-0.1, -0.05) is 38.2 Å². The minimum absolute atomic E-state index is 0.633. The highest BCUT2D eigenvalue weighted by Crippen LogP contribution is 2.39. The molecule has 0 atom stereocenters. The lowest BCUT2D eigenvalue weighted by Crippen LogP contribution is -2.38. The summed E-state index contributed by atoms with van der Waals surface area (Å²) in [6.45, 7) is 5.05. The van der Waals surface area contributed by atoms with E-state index in [4.69, 9.17) is 23.9 Å². The van der Waals surface area contributed by atoms with Crippen LogP contribution in [-0.4, -0.2) is 63.6 Å². The molecule has 0 N–H and O–H groups in total. The fraction of sp³-hybridized carbons (Fsp3) is 0.640. The first-order valence-corrected chi connectivity index (χ1v) is 11.8. The third kappa shape index (κ3) is 5.80. The van der Waals surface area contributed by atoms with Crippen molar-refractivity contribution in [3.63, 3.8) is 0 Å². The molecule has 31 heavy (non-hydrogen) atoms. The van der Waals surface area contributed by atoms with Crippen molar-refractivity contribution in [1.82, 2.24) is 9.88 Å². The minimum Gasteiger partial charge on any atom is -0.494 e. The van der Waals surface area contributed by atoms with Gasteiger partial charge in [-0.3, -0.25) is 4.90 Å². The maximum atomic E-state index is 6.44. The Morgan fingerprint density at radius 2 is 1.90 bits per heavy atom. The quantitative estimate of drug-likeness (QED) is 0.465. The Kier molecular flexibility index (Phi) is 7.86. The van der Waals surface area contributed by atoms with E-state index in [9.17, 15) is 0 Å². The number of rotatable bonds is 12.